The summed E-state index contributed by atoms with van der Waals surface area (Å²) in [6, 6.07) is 2.04. The summed E-state index contributed by atoms with van der Waals surface area (Å²) in [4.78, 5) is 3.98. The van der Waals surface area contributed by atoms with Crippen LogP contribution in [0, 0.1) is 0 Å². The zero-order valence-corrected chi connectivity index (χ0v) is 11.7. The molecule has 0 radical (unpaired) electrons. The average Bonchev–Trinajstić information content (AvgIpc) is 2.24. The van der Waals surface area contributed by atoms with E-state index in [0.29, 0.717) is 5.92 Å². The third kappa shape index (κ3) is 6.14. The lowest BCUT2D eigenvalue weighted by molar-refractivity contribution is 0.856. The fraction of sp³-hybridized carbons (Fsp3) is 0.583. The molecule has 1 rings (SSSR count). The van der Waals surface area contributed by atoms with Crippen molar-refractivity contribution in [1.29, 1.82) is 0 Å². The minimum atomic E-state index is 0.567. The molecule has 0 bridgehead atoms. The Morgan fingerprint density at radius 1 is 1.14 bits per heavy atom. The average molecular weight is 260 g/mol. The van der Waals surface area contributed by atoms with Crippen LogP contribution >= 0.6 is 15.9 Å². The zero-order chi connectivity index (χ0) is 11.6. The third-order valence-corrected chi connectivity index (χ3v) is 2.09. The fourth-order valence-electron chi connectivity index (χ4n) is 0.854. The van der Waals surface area contributed by atoms with E-state index < -0.39 is 0 Å². The van der Waals surface area contributed by atoms with Crippen LogP contribution in [0.4, 0.5) is 0 Å². The highest BCUT2D eigenvalue weighted by Gasteiger charge is 2.01. The predicted octanol–water partition coefficient (Wildman–Crippen LogP) is 5.02. The maximum Gasteiger partial charge on any atom is 0.0413 e. The van der Waals surface area contributed by atoms with E-state index in [-0.39, 0.29) is 0 Å². The van der Waals surface area contributed by atoms with Gasteiger partial charge in [0, 0.05) is 16.9 Å². The van der Waals surface area contributed by atoms with Crippen LogP contribution in [-0.4, -0.2) is 4.98 Å². The highest BCUT2D eigenvalue weighted by Crippen LogP contribution is 2.22. The summed E-state index contributed by atoms with van der Waals surface area (Å²) in [5.41, 5.74) is 1.31. The van der Waals surface area contributed by atoms with Gasteiger partial charge >= 0.3 is 0 Å². The summed E-state index contributed by atoms with van der Waals surface area (Å²) in [5, 5.41) is 0. The molecule has 0 saturated carbocycles. The van der Waals surface area contributed by atoms with Gasteiger partial charge in [-0.3, -0.25) is 4.98 Å². The molecule has 0 saturated heterocycles. The number of hydrogen-bond donors (Lipinski definition) is 0. The first kappa shape index (κ1) is 16.1. The molecule has 1 aromatic heterocycles. The number of pyridine rings is 1. The van der Waals surface area contributed by atoms with Crippen LogP contribution in [0.2, 0.25) is 0 Å². The van der Waals surface area contributed by atoms with Crippen molar-refractivity contribution >= 4 is 15.9 Å². The van der Waals surface area contributed by atoms with Crippen molar-refractivity contribution in [3.05, 3.63) is 28.5 Å². The quantitative estimate of drug-likeness (QED) is 0.690. The van der Waals surface area contributed by atoms with E-state index in [9.17, 15) is 0 Å². The summed E-state index contributed by atoms with van der Waals surface area (Å²) >= 11 is 3.43. The molecule has 2 heteroatoms. The first-order valence-corrected chi connectivity index (χ1v) is 6.10. The molecule has 1 nitrogen and oxygen atoms in total. The maximum atomic E-state index is 3.98. The molecule has 0 N–H and O–H groups in total. The largest absolute Gasteiger partial charge is 0.264 e. The van der Waals surface area contributed by atoms with Crippen molar-refractivity contribution in [1.82, 2.24) is 4.98 Å². The molecular formula is C12H22BrN. The first-order chi connectivity index (χ1) is 6.72. The Bertz CT molecular complexity index is 221. The molecule has 1 heterocycles. The molecule has 0 atom stereocenters. The second-order valence-electron chi connectivity index (χ2n) is 2.55. The zero-order valence-electron chi connectivity index (χ0n) is 10.1. The van der Waals surface area contributed by atoms with Crippen molar-refractivity contribution in [2.24, 2.45) is 0 Å². The summed E-state index contributed by atoms with van der Waals surface area (Å²) in [6.07, 6.45) is 3.65. The van der Waals surface area contributed by atoms with E-state index in [4.69, 9.17) is 0 Å². The van der Waals surface area contributed by atoms with Crippen molar-refractivity contribution < 1.29 is 0 Å². The minimum absolute atomic E-state index is 0.567. The van der Waals surface area contributed by atoms with Gasteiger partial charge in [-0.2, -0.15) is 0 Å². The van der Waals surface area contributed by atoms with Crippen molar-refractivity contribution in [2.45, 2.75) is 47.5 Å². The number of aromatic nitrogens is 1. The van der Waals surface area contributed by atoms with Crippen LogP contribution in [0.15, 0.2) is 22.9 Å². The standard InChI is InChI=1S/C8H10BrN.2C2H6/c1-6(2)7-3-4-10-5-8(7)9;2*1-2/h3-6H,1-2H3;2*1-2H3. The predicted molar refractivity (Wildman–Crippen MR) is 68.7 cm³/mol. The Balaban J connectivity index is 0. The van der Waals surface area contributed by atoms with Gasteiger partial charge in [-0.15, -0.1) is 0 Å². The third-order valence-electron chi connectivity index (χ3n) is 1.43. The molecule has 0 unspecified atom stereocenters. The SMILES string of the molecule is CC.CC.CC(C)c1ccncc1Br. The summed E-state index contributed by atoms with van der Waals surface area (Å²) in [6.45, 7) is 12.3. The van der Waals surface area contributed by atoms with Gasteiger partial charge in [0.1, 0.15) is 0 Å². The molecule has 1 aromatic rings. The van der Waals surface area contributed by atoms with Gasteiger partial charge in [-0.05, 0) is 33.5 Å². The molecule has 0 amide bonds. The summed E-state index contributed by atoms with van der Waals surface area (Å²) in [7, 11) is 0. The van der Waals surface area contributed by atoms with Gasteiger partial charge in [0.05, 0.1) is 0 Å². The molecule has 0 aliphatic carbocycles. The number of rotatable bonds is 1. The minimum Gasteiger partial charge on any atom is -0.264 e. The van der Waals surface area contributed by atoms with Crippen molar-refractivity contribution in [2.75, 3.05) is 0 Å². The lowest BCUT2D eigenvalue weighted by Crippen LogP contribution is -1.88. The maximum absolute atomic E-state index is 3.98. The Hall–Kier alpha value is -0.370. The van der Waals surface area contributed by atoms with Gasteiger partial charge in [0.25, 0.3) is 0 Å². The lowest BCUT2D eigenvalue weighted by atomic mass is 10.1. The van der Waals surface area contributed by atoms with Crippen LogP contribution < -0.4 is 0 Å². The smallest absolute Gasteiger partial charge is 0.0413 e. The number of halogens is 1. The van der Waals surface area contributed by atoms with Crippen LogP contribution in [0.25, 0.3) is 0 Å². The highest BCUT2D eigenvalue weighted by molar-refractivity contribution is 9.10. The highest BCUT2D eigenvalue weighted by atomic mass is 79.9. The van der Waals surface area contributed by atoms with E-state index in [0.717, 1.165) is 4.47 Å². The Morgan fingerprint density at radius 3 is 1.93 bits per heavy atom. The monoisotopic (exact) mass is 259 g/mol. The van der Waals surface area contributed by atoms with Crippen molar-refractivity contribution in [3.8, 4) is 0 Å². The van der Waals surface area contributed by atoms with E-state index in [2.05, 4.69) is 34.8 Å². The summed E-state index contributed by atoms with van der Waals surface area (Å²) in [5.74, 6) is 0.567. The van der Waals surface area contributed by atoms with Gasteiger partial charge in [-0.25, -0.2) is 0 Å². The molecule has 82 valence electrons. The molecule has 0 fully saturated rings. The van der Waals surface area contributed by atoms with Crippen LogP contribution in [-0.2, 0) is 0 Å². The molecule has 0 spiro atoms. The first-order valence-electron chi connectivity index (χ1n) is 5.31. The lowest BCUT2D eigenvalue weighted by Gasteiger charge is -2.05. The van der Waals surface area contributed by atoms with Crippen LogP contribution in [0.5, 0.6) is 0 Å². The van der Waals surface area contributed by atoms with Gasteiger partial charge in [-0.1, -0.05) is 41.5 Å². The van der Waals surface area contributed by atoms with Crippen LogP contribution in [0.1, 0.15) is 53.0 Å². The van der Waals surface area contributed by atoms with Crippen molar-refractivity contribution in [3.63, 3.8) is 0 Å². The molecule has 0 aliphatic rings. The van der Waals surface area contributed by atoms with Gasteiger partial charge in [0.2, 0.25) is 0 Å². The molecular weight excluding hydrogens is 238 g/mol. The normalized spacial score (nSPS) is 8.29. The Morgan fingerprint density at radius 2 is 1.64 bits per heavy atom. The second kappa shape index (κ2) is 10.7. The van der Waals surface area contributed by atoms with Gasteiger partial charge in [0.15, 0.2) is 0 Å². The van der Waals surface area contributed by atoms with E-state index in [1.807, 2.05) is 46.2 Å². The fourth-order valence-corrected chi connectivity index (χ4v) is 1.56. The van der Waals surface area contributed by atoms with Crippen LogP contribution in [0.3, 0.4) is 0 Å². The molecule has 0 aliphatic heterocycles. The van der Waals surface area contributed by atoms with E-state index >= 15 is 0 Å². The van der Waals surface area contributed by atoms with E-state index in [1.165, 1.54) is 5.56 Å². The van der Waals surface area contributed by atoms with E-state index in [1.54, 1.807) is 0 Å². The number of hydrogen-bond acceptors (Lipinski definition) is 1. The molecule has 0 aromatic carbocycles. The molecule has 14 heavy (non-hydrogen) atoms. The number of nitrogens with zero attached hydrogens (tertiary/aromatic N) is 1. The topological polar surface area (TPSA) is 12.9 Å². The second-order valence-corrected chi connectivity index (χ2v) is 3.41. The summed E-state index contributed by atoms with van der Waals surface area (Å²) < 4.78 is 1.10. The van der Waals surface area contributed by atoms with Gasteiger partial charge < -0.3 is 0 Å². The Labute approximate surface area is 97.1 Å². The Kier molecular flexibility index (Phi) is 12.3.